The van der Waals surface area contributed by atoms with Crippen molar-refractivity contribution in [2.75, 3.05) is 47.0 Å². The molecule has 1 fully saturated rings. The highest BCUT2D eigenvalue weighted by Crippen LogP contribution is 2.33. The third-order valence-electron chi connectivity index (χ3n) is 5.83. The fourth-order valence-electron chi connectivity index (χ4n) is 3.87. The van der Waals surface area contributed by atoms with E-state index in [1.54, 1.807) is 36.4 Å². The third-order valence-corrected chi connectivity index (χ3v) is 7.16. The van der Waals surface area contributed by atoms with Gasteiger partial charge in [-0.3, -0.25) is 9.78 Å². The van der Waals surface area contributed by atoms with Gasteiger partial charge >= 0.3 is 0 Å². The first-order valence-corrected chi connectivity index (χ1v) is 11.6. The van der Waals surface area contributed by atoms with E-state index < -0.39 is 5.60 Å². The van der Waals surface area contributed by atoms with Crippen LogP contribution in [0.25, 0.3) is 0 Å². The molecule has 3 rings (SSSR count). The van der Waals surface area contributed by atoms with Gasteiger partial charge in [0.05, 0.1) is 19.3 Å². The van der Waals surface area contributed by atoms with Gasteiger partial charge < -0.3 is 19.5 Å². The molecule has 174 valence electrons. The molecule has 0 radical (unpaired) electrons. The number of aromatic nitrogens is 1. The van der Waals surface area contributed by atoms with Crippen molar-refractivity contribution in [1.82, 2.24) is 14.2 Å². The molecular formula is C24H33N3O4S. The topological polar surface area (TPSA) is 75.1 Å². The summed E-state index contributed by atoms with van der Waals surface area (Å²) in [6, 6.07) is 7.78. The Balaban J connectivity index is 1.38. The number of likely N-dealkylation sites (N-methyl/N-ethyl adjacent to an activating group) is 1. The SMILES string of the molecule is COc1cc(C)c(SN(C)CCOCC(=O)N2CCC(O)(c3cccnc3)CC2)c(C)c1. The monoisotopic (exact) mass is 459 g/mol. The molecule has 8 heteroatoms. The summed E-state index contributed by atoms with van der Waals surface area (Å²) in [6.07, 6.45) is 4.40. The zero-order valence-electron chi connectivity index (χ0n) is 19.3. The Bertz CT molecular complexity index is 878. The summed E-state index contributed by atoms with van der Waals surface area (Å²) in [5.41, 5.74) is 2.24. The molecule has 0 atom stereocenters. The van der Waals surface area contributed by atoms with Gasteiger partial charge in [-0.2, -0.15) is 0 Å². The van der Waals surface area contributed by atoms with Crippen molar-refractivity contribution in [2.24, 2.45) is 0 Å². The van der Waals surface area contributed by atoms with Gasteiger partial charge in [0.2, 0.25) is 5.91 Å². The number of benzene rings is 1. The van der Waals surface area contributed by atoms with E-state index in [9.17, 15) is 9.90 Å². The molecule has 1 aliphatic rings. The number of hydrogen-bond donors (Lipinski definition) is 1. The minimum absolute atomic E-state index is 0.0320. The molecule has 7 nitrogen and oxygen atoms in total. The van der Waals surface area contributed by atoms with E-state index in [0.29, 0.717) is 39.1 Å². The van der Waals surface area contributed by atoms with Gasteiger partial charge in [-0.05, 0) is 75.0 Å². The van der Waals surface area contributed by atoms with E-state index in [0.717, 1.165) is 11.3 Å². The molecule has 1 saturated heterocycles. The van der Waals surface area contributed by atoms with Crippen LogP contribution < -0.4 is 4.74 Å². The summed E-state index contributed by atoms with van der Waals surface area (Å²) in [5.74, 6) is 0.834. The maximum atomic E-state index is 12.5. The van der Waals surface area contributed by atoms with Gasteiger partial charge in [0.15, 0.2) is 0 Å². The smallest absolute Gasteiger partial charge is 0.248 e. The molecule has 2 heterocycles. The number of piperidine rings is 1. The van der Waals surface area contributed by atoms with Crippen molar-refractivity contribution in [2.45, 2.75) is 37.2 Å². The number of carbonyl (C=O) groups excluding carboxylic acids is 1. The molecule has 1 aliphatic heterocycles. The number of amides is 1. The van der Waals surface area contributed by atoms with Crippen LogP contribution in [0.4, 0.5) is 0 Å². The summed E-state index contributed by atoms with van der Waals surface area (Å²) in [5, 5.41) is 10.9. The molecule has 0 bridgehead atoms. The Kier molecular flexibility index (Phi) is 8.53. The summed E-state index contributed by atoms with van der Waals surface area (Å²) >= 11 is 1.67. The van der Waals surface area contributed by atoms with Crippen LogP contribution in [0.1, 0.15) is 29.5 Å². The normalized spacial score (nSPS) is 15.8. The average molecular weight is 460 g/mol. The molecule has 1 amide bonds. The number of pyridine rings is 1. The number of methoxy groups -OCH3 is 1. The highest BCUT2D eigenvalue weighted by atomic mass is 32.2. The van der Waals surface area contributed by atoms with Crippen molar-refractivity contribution in [3.63, 3.8) is 0 Å². The van der Waals surface area contributed by atoms with Crippen LogP contribution in [-0.2, 0) is 15.1 Å². The van der Waals surface area contributed by atoms with Crippen LogP contribution in [-0.4, -0.2) is 72.2 Å². The summed E-state index contributed by atoms with van der Waals surface area (Å²) in [7, 11) is 3.69. The van der Waals surface area contributed by atoms with Crippen LogP contribution in [0.3, 0.4) is 0 Å². The predicted molar refractivity (Wildman–Crippen MR) is 126 cm³/mol. The Labute approximate surface area is 194 Å². The zero-order valence-corrected chi connectivity index (χ0v) is 20.2. The van der Waals surface area contributed by atoms with Crippen LogP contribution in [0.2, 0.25) is 0 Å². The largest absolute Gasteiger partial charge is 0.497 e. The fourth-order valence-corrected chi connectivity index (χ4v) is 4.75. The first-order chi connectivity index (χ1) is 15.3. The first kappa shape index (κ1) is 24.5. The minimum Gasteiger partial charge on any atom is -0.497 e. The fraction of sp³-hybridized carbons (Fsp3) is 0.500. The van der Waals surface area contributed by atoms with E-state index in [4.69, 9.17) is 9.47 Å². The Morgan fingerprint density at radius 2 is 1.97 bits per heavy atom. The van der Waals surface area contributed by atoms with Crippen molar-refractivity contribution >= 4 is 17.9 Å². The number of hydrogen-bond acceptors (Lipinski definition) is 7. The van der Waals surface area contributed by atoms with Gasteiger partial charge in [-0.25, -0.2) is 4.31 Å². The first-order valence-electron chi connectivity index (χ1n) is 10.8. The highest BCUT2D eigenvalue weighted by molar-refractivity contribution is 7.97. The second-order valence-electron chi connectivity index (χ2n) is 8.24. The molecule has 0 unspecified atom stereocenters. The molecule has 0 saturated carbocycles. The van der Waals surface area contributed by atoms with Crippen LogP contribution in [0.15, 0.2) is 41.6 Å². The third kappa shape index (κ3) is 6.22. The molecule has 0 aliphatic carbocycles. The highest BCUT2D eigenvalue weighted by Gasteiger charge is 2.35. The van der Waals surface area contributed by atoms with E-state index in [1.807, 2.05) is 31.3 Å². The lowest BCUT2D eigenvalue weighted by Crippen LogP contribution is -2.46. The lowest BCUT2D eigenvalue weighted by atomic mass is 9.85. The van der Waals surface area contributed by atoms with Gasteiger partial charge in [-0.15, -0.1) is 0 Å². The van der Waals surface area contributed by atoms with E-state index >= 15 is 0 Å². The van der Waals surface area contributed by atoms with Crippen LogP contribution >= 0.6 is 11.9 Å². The van der Waals surface area contributed by atoms with Crippen molar-refractivity contribution < 1.29 is 19.4 Å². The van der Waals surface area contributed by atoms with Gasteiger partial charge in [0, 0.05) is 42.5 Å². The molecule has 1 N–H and O–H groups in total. The molecule has 32 heavy (non-hydrogen) atoms. The Morgan fingerprint density at radius 1 is 1.28 bits per heavy atom. The molecule has 0 spiro atoms. The van der Waals surface area contributed by atoms with E-state index in [1.165, 1.54) is 16.0 Å². The summed E-state index contributed by atoms with van der Waals surface area (Å²) < 4.78 is 13.1. The number of aliphatic hydroxyl groups is 1. The second kappa shape index (κ2) is 11.1. The van der Waals surface area contributed by atoms with E-state index in [2.05, 4.69) is 23.1 Å². The maximum absolute atomic E-state index is 12.5. The van der Waals surface area contributed by atoms with Crippen molar-refractivity contribution in [3.05, 3.63) is 53.3 Å². The Hall–Kier alpha value is -2.13. The lowest BCUT2D eigenvalue weighted by molar-refractivity contribution is -0.140. The molecule has 1 aromatic heterocycles. The van der Waals surface area contributed by atoms with Crippen LogP contribution in [0.5, 0.6) is 5.75 Å². The number of aryl methyl sites for hydroxylation is 2. The van der Waals surface area contributed by atoms with Gasteiger partial charge in [-0.1, -0.05) is 6.07 Å². The zero-order chi connectivity index (χ0) is 23.1. The van der Waals surface area contributed by atoms with Crippen molar-refractivity contribution in [1.29, 1.82) is 0 Å². The summed E-state index contributed by atoms with van der Waals surface area (Å²) in [6.45, 7) is 6.41. The number of nitrogens with zero attached hydrogens (tertiary/aromatic N) is 3. The molecule has 2 aromatic rings. The number of ether oxygens (including phenoxy) is 2. The van der Waals surface area contributed by atoms with Gasteiger partial charge in [0.1, 0.15) is 12.4 Å². The summed E-state index contributed by atoms with van der Waals surface area (Å²) in [4.78, 5) is 19.6. The molecule has 1 aromatic carbocycles. The van der Waals surface area contributed by atoms with Crippen LogP contribution in [0, 0.1) is 13.8 Å². The number of rotatable bonds is 9. The van der Waals surface area contributed by atoms with Crippen molar-refractivity contribution in [3.8, 4) is 5.75 Å². The van der Waals surface area contributed by atoms with Gasteiger partial charge in [0.25, 0.3) is 0 Å². The predicted octanol–water partition coefficient (Wildman–Crippen LogP) is 3.17. The van der Waals surface area contributed by atoms with E-state index in [-0.39, 0.29) is 12.5 Å². The minimum atomic E-state index is -0.913. The Morgan fingerprint density at radius 3 is 2.56 bits per heavy atom. The maximum Gasteiger partial charge on any atom is 0.248 e. The molecular weight excluding hydrogens is 426 g/mol. The number of likely N-dealkylation sites (tertiary alicyclic amines) is 1. The second-order valence-corrected chi connectivity index (χ2v) is 9.45. The lowest BCUT2D eigenvalue weighted by Gasteiger charge is -2.38. The average Bonchev–Trinajstić information content (AvgIpc) is 2.80. The number of carbonyl (C=O) groups is 1. The standard InChI is InChI=1S/C24H33N3O4S/c1-18-14-21(30-4)15-19(2)23(18)32-26(3)12-13-31-17-22(28)27-10-7-24(29,8-11-27)20-6-5-9-25-16-20/h5-6,9,14-16,29H,7-8,10-13,17H2,1-4H3. The quantitative estimate of drug-likeness (QED) is 0.456.